The normalized spacial score (nSPS) is 10.3. The molecule has 5 nitrogen and oxygen atoms in total. The predicted molar refractivity (Wildman–Crippen MR) is 63.0 cm³/mol. The third-order valence-electron chi connectivity index (χ3n) is 2.05. The van der Waals surface area contributed by atoms with E-state index in [9.17, 15) is 13.6 Å². The fourth-order valence-corrected chi connectivity index (χ4v) is 1.81. The van der Waals surface area contributed by atoms with E-state index < -0.39 is 17.5 Å². The van der Waals surface area contributed by atoms with Crippen molar-refractivity contribution in [1.82, 2.24) is 10.2 Å². The molecule has 0 saturated heterocycles. The lowest BCUT2D eigenvalue weighted by atomic mass is 10.1. The summed E-state index contributed by atoms with van der Waals surface area (Å²) in [6, 6.07) is 3.04. The summed E-state index contributed by atoms with van der Waals surface area (Å²) in [5.74, 6) is -1.92. The maximum atomic E-state index is 13.3. The fraction of sp³-hybridized carbons (Fsp3) is 0.100. The molecule has 0 unspecified atom stereocenters. The summed E-state index contributed by atoms with van der Waals surface area (Å²) in [5, 5.41) is 9.98. The lowest BCUT2D eigenvalue weighted by molar-refractivity contribution is -0.115. The molecule has 1 aromatic carbocycles. The molecular formula is C10H8F2N4OS. The Balaban J connectivity index is 2.03. The van der Waals surface area contributed by atoms with Gasteiger partial charge in [-0.15, -0.1) is 10.2 Å². The van der Waals surface area contributed by atoms with E-state index >= 15 is 0 Å². The number of carbonyl (C=O) groups is 1. The zero-order valence-corrected chi connectivity index (χ0v) is 9.80. The topological polar surface area (TPSA) is 80.9 Å². The van der Waals surface area contributed by atoms with Gasteiger partial charge in [-0.05, 0) is 11.6 Å². The molecule has 0 atom stereocenters. The van der Waals surface area contributed by atoms with Crippen LogP contribution in [-0.2, 0) is 11.2 Å². The molecule has 1 heterocycles. The SMILES string of the molecule is Nc1nnc(NC(=O)Cc2ccc(F)cc2F)s1. The maximum absolute atomic E-state index is 13.3. The number of amides is 1. The van der Waals surface area contributed by atoms with E-state index in [4.69, 9.17) is 5.73 Å². The van der Waals surface area contributed by atoms with Crippen LogP contribution in [-0.4, -0.2) is 16.1 Å². The van der Waals surface area contributed by atoms with Crippen molar-refractivity contribution < 1.29 is 13.6 Å². The summed E-state index contributed by atoms with van der Waals surface area (Å²) in [6.45, 7) is 0. The average Bonchev–Trinajstić information content (AvgIpc) is 2.68. The van der Waals surface area contributed by atoms with Gasteiger partial charge in [0.1, 0.15) is 11.6 Å². The molecule has 0 aliphatic carbocycles. The summed E-state index contributed by atoms with van der Waals surface area (Å²) in [4.78, 5) is 11.6. The van der Waals surface area contributed by atoms with Crippen LogP contribution >= 0.6 is 11.3 Å². The lowest BCUT2D eigenvalue weighted by Crippen LogP contribution is -2.15. The predicted octanol–water partition coefficient (Wildman–Crippen LogP) is 1.58. The molecular weight excluding hydrogens is 262 g/mol. The van der Waals surface area contributed by atoms with Crippen LogP contribution in [0.3, 0.4) is 0 Å². The smallest absolute Gasteiger partial charge is 0.230 e. The molecule has 0 bridgehead atoms. The number of hydrogen-bond donors (Lipinski definition) is 2. The monoisotopic (exact) mass is 270 g/mol. The summed E-state index contributed by atoms with van der Waals surface area (Å²) >= 11 is 1.00. The number of anilines is 2. The Bertz CT molecular complexity index is 587. The average molecular weight is 270 g/mol. The zero-order chi connectivity index (χ0) is 13.1. The number of hydrogen-bond acceptors (Lipinski definition) is 5. The second-order valence-electron chi connectivity index (χ2n) is 3.41. The summed E-state index contributed by atoms with van der Waals surface area (Å²) in [6.07, 6.45) is -0.217. The molecule has 0 aliphatic rings. The van der Waals surface area contributed by atoms with Crippen molar-refractivity contribution in [2.45, 2.75) is 6.42 Å². The highest BCUT2D eigenvalue weighted by molar-refractivity contribution is 7.18. The number of nitrogens with one attached hydrogen (secondary N) is 1. The molecule has 1 aromatic heterocycles. The van der Waals surface area contributed by atoms with E-state index in [0.29, 0.717) is 0 Å². The molecule has 0 spiro atoms. The van der Waals surface area contributed by atoms with Gasteiger partial charge in [0.25, 0.3) is 0 Å². The van der Waals surface area contributed by atoms with Crippen molar-refractivity contribution in [1.29, 1.82) is 0 Å². The van der Waals surface area contributed by atoms with E-state index in [1.165, 1.54) is 6.07 Å². The van der Waals surface area contributed by atoms with Gasteiger partial charge in [-0.1, -0.05) is 17.4 Å². The van der Waals surface area contributed by atoms with Gasteiger partial charge < -0.3 is 11.1 Å². The highest BCUT2D eigenvalue weighted by Gasteiger charge is 2.11. The Morgan fingerprint density at radius 3 is 2.78 bits per heavy atom. The van der Waals surface area contributed by atoms with Gasteiger partial charge in [0.2, 0.25) is 16.2 Å². The first kappa shape index (κ1) is 12.4. The molecule has 0 radical (unpaired) electrons. The van der Waals surface area contributed by atoms with Gasteiger partial charge in [0.15, 0.2) is 0 Å². The second kappa shape index (κ2) is 5.05. The Morgan fingerprint density at radius 2 is 2.17 bits per heavy atom. The molecule has 18 heavy (non-hydrogen) atoms. The third-order valence-corrected chi connectivity index (χ3v) is 2.72. The third kappa shape index (κ3) is 2.98. The summed E-state index contributed by atoms with van der Waals surface area (Å²) in [5.41, 5.74) is 5.44. The Kier molecular flexibility index (Phi) is 3.47. The zero-order valence-electron chi connectivity index (χ0n) is 8.98. The number of halogens is 2. The molecule has 0 saturated carbocycles. The minimum Gasteiger partial charge on any atom is -0.374 e. The van der Waals surface area contributed by atoms with E-state index in [1.54, 1.807) is 0 Å². The number of carbonyl (C=O) groups excluding carboxylic acids is 1. The van der Waals surface area contributed by atoms with Crippen LogP contribution in [0.4, 0.5) is 19.0 Å². The van der Waals surface area contributed by atoms with Crippen LogP contribution < -0.4 is 11.1 Å². The summed E-state index contributed by atoms with van der Waals surface area (Å²) in [7, 11) is 0. The molecule has 2 rings (SSSR count). The van der Waals surface area contributed by atoms with Gasteiger partial charge in [-0.3, -0.25) is 4.79 Å². The Hall–Kier alpha value is -2.09. The van der Waals surface area contributed by atoms with Crippen molar-refractivity contribution in [3.8, 4) is 0 Å². The van der Waals surface area contributed by atoms with E-state index in [-0.39, 0.29) is 22.2 Å². The van der Waals surface area contributed by atoms with Gasteiger partial charge in [0, 0.05) is 6.07 Å². The highest BCUT2D eigenvalue weighted by Crippen LogP contribution is 2.17. The van der Waals surface area contributed by atoms with Gasteiger partial charge in [-0.25, -0.2) is 8.78 Å². The van der Waals surface area contributed by atoms with Crippen molar-refractivity contribution in [2.75, 3.05) is 11.1 Å². The van der Waals surface area contributed by atoms with Gasteiger partial charge in [-0.2, -0.15) is 0 Å². The molecule has 8 heteroatoms. The molecule has 0 aliphatic heterocycles. The van der Waals surface area contributed by atoms with Crippen LogP contribution in [0.2, 0.25) is 0 Å². The number of nitrogens with two attached hydrogens (primary N) is 1. The van der Waals surface area contributed by atoms with Gasteiger partial charge >= 0.3 is 0 Å². The second-order valence-corrected chi connectivity index (χ2v) is 4.42. The quantitative estimate of drug-likeness (QED) is 0.887. The maximum Gasteiger partial charge on any atom is 0.230 e. The molecule has 94 valence electrons. The Morgan fingerprint density at radius 1 is 1.39 bits per heavy atom. The minimum absolute atomic E-state index is 0.103. The number of nitrogen functional groups attached to an aromatic ring is 1. The summed E-state index contributed by atoms with van der Waals surface area (Å²) < 4.78 is 26.0. The van der Waals surface area contributed by atoms with Crippen LogP contribution in [0.1, 0.15) is 5.56 Å². The first-order valence-electron chi connectivity index (χ1n) is 4.87. The first-order chi connectivity index (χ1) is 8.54. The van der Waals surface area contributed by atoms with Crippen molar-refractivity contribution in [3.63, 3.8) is 0 Å². The largest absolute Gasteiger partial charge is 0.374 e. The number of benzene rings is 1. The molecule has 3 N–H and O–H groups in total. The van der Waals surface area contributed by atoms with Crippen molar-refractivity contribution in [3.05, 3.63) is 35.4 Å². The van der Waals surface area contributed by atoms with Crippen LogP contribution in [0.15, 0.2) is 18.2 Å². The van der Waals surface area contributed by atoms with Gasteiger partial charge in [0.05, 0.1) is 6.42 Å². The lowest BCUT2D eigenvalue weighted by Gasteiger charge is -2.03. The number of nitrogens with zero attached hydrogens (tertiary/aromatic N) is 2. The van der Waals surface area contributed by atoms with Crippen LogP contribution in [0, 0.1) is 11.6 Å². The minimum atomic E-state index is -0.762. The van der Waals surface area contributed by atoms with Crippen LogP contribution in [0.5, 0.6) is 0 Å². The van der Waals surface area contributed by atoms with E-state index in [0.717, 1.165) is 23.5 Å². The number of aromatic nitrogens is 2. The molecule has 1 amide bonds. The standard InChI is InChI=1S/C10H8F2N4OS/c11-6-2-1-5(7(12)4-6)3-8(17)14-10-16-15-9(13)18-10/h1-2,4H,3H2,(H2,13,15)(H,14,16,17). The van der Waals surface area contributed by atoms with E-state index in [1.807, 2.05) is 0 Å². The first-order valence-corrected chi connectivity index (χ1v) is 5.69. The molecule has 2 aromatic rings. The van der Waals surface area contributed by atoms with Crippen LogP contribution in [0.25, 0.3) is 0 Å². The Labute approximate surface area is 105 Å². The fourth-order valence-electron chi connectivity index (χ4n) is 1.29. The van der Waals surface area contributed by atoms with Crippen molar-refractivity contribution >= 4 is 27.5 Å². The van der Waals surface area contributed by atoms with E-state index in [2.05, 4.69) is 15.5 Å². The highest BCUT2D eigenvalue weighted by atomic mass is 32.1. The molecule has 0 fully saturated rings. The number of rotatable bonds is 3. The van der Waals surface area contributed by atoms with Crippen molar-refractivity contribution in [2.24, 2.45) is 0 Å².